The van der Waals surface area contributed by atoms with Crippen molar-refractivity contribution in [1.82, 2.24) is 14.2 Å². The van der Waals surface area contributed by atoms with Gasteiger partial charge in [0, 0.05) is 24.6 Å². The van der Waals surface area contributed by atoms with Crippen molar-refractivity contribution < 1.29 is 23.9 Å². The number of benzene rings is 1. The quantitative estimate of drug-likeness (QED) is 0.450. The Kier molecular flexibility index (Phi) is 6.71. The molecular weight excluding hydrogens is 424 g/mol. The third kappa shape index (κ3) is 5.14. The van der Waals surface area contributed by atoms with Gasteiger partial charge in [0.1, 0.15) is 5.60 Å². The zero-order valence-corrected chi connectivity index (χ0v) is 19.6. The van der Waals surface area contributed by atoms with E-state index in [1.54, 1.807) is 45.4 Å². The monoisotopic (exact) mass is 452 g/mol. The molecule has 0 aliphatic carbocycles. The SMILES string of the molecule is COC(=O)c1c(C(=O)c2nccn2Cc2ccccc2)c(C)n(NC(=O)OC(C)(C)C)c1C. The van der Waals surface area contributed by atoms with Gasteiger partial charge in [0.2, 0.25) is 5.78 Å². The number of aromatic nitrogens is 3. The molecule has 1 N–H and O–H groups in total. The molecule has 0 fully saturated rings. The fourth-order valence-corrected chi connectivity index (χ4v) is 3.56. The van der Waals surface area contributed by atoms with Crippen LogP contribution in [0, 0.1) is 13.8 Å². The largest absolute Gasteiger partial charge is 0.465 e. The van der Waals surface area contributed by atoms with Gasteiger partial charge in [0.25, 0.3) is 0 Å². The molecule has 0 saturated carbocycles. The van der Waals surface area contributed by atoms with Crippen LogP contribution in [0.25, 0.3) is 0 Å². The third-order valence-corrected chi connectivity index (χ3v) is 4.98. The van der Waals surface area contributed by atoms with Gasteiger partial charge < -0.3 is 14.0 Å². The second-order valence-electron chi connectivity index (χ2n) is 8.55. The normalized spacial score (nSPS) is 11.2. The summed E-state index contributed by atoms with van der Waals surface area (Å²) in [4.78, 5) is 42.9. The second-order valence-corrected chi connectivity index (χ2v) is 8.55. The molecule has 9 nitrogen and oxygen atoms in total. The summed E-state index contributed by atoms with van der Waals surface area (Å²) in [5, 5.41) is 0. The average molecular weight is 453 g/mol. The number of carbonyl (C=O) groups is 3. The van der Waals surface area contributed by atoms with Gasteiger partial charge >= 0.3 is 12.1 Å². The Bertz CT molecular complexity index is 1190. The number of hydrogen-bond donors (Lipinski definition) is 1. The van der Waals surface area contributed by atoms with Crippen LogP contribution in [0.3, 0.4) is 0 Å². The van der Waals surface area contributed by atoms with Crippen LogP contribution in [0.5, 0.6) is 0 Å². The average Bonchev–Trinajstić information content (AvgIpc) is 3.30. The lowest BCUT2D eigenvalue weighted by Gasteiger charge is -2.21. The van der Waals surface area contributed by atoms with Gasteiger partial charge in [-0.25, -0.2) is 20.0 Å². The highest BCUT2D eigenvalue weighted by atomic mass is 16.6. The smallest absolute Gasteiger partial charge is 0.426 e. The molecule has 1 aromatic carbocycles. The summed E-state index contributed by atoms with van der Waals surface area (Å²) in [5.41, 5.74) is 3.75. The van der Waals surface area contributed by atoms with E-state index in [2.05, 4.69) is 10.4 Å². The van der Waals surface area contributed by atoms with Crippen molar-refractivity contribution >= 4 is 17.8 Å². The van der Waals surface area contributed by atoms with Crippen LogP contribution in [0.1, 0.15) is 64.3 Å². The molecule has 1 amide bonds. The minimum atomic E-state index is -0.718. The summed E-state index contributed by atoms with van der Waals surface area (Å²) >= 11 is 0. The molecule has 3 rings (SSSR count). The lowest BCUT2D eigenvalue weighted by molar-refractivity contribution is 0.0587. The van der Waals surface area contributed by atoms with E-state index in [-0.39, 0.29) is 17.0 Å². The number of hydrogen-bond acceptors (Lipinski definition) is 6. The summed E-state index contributed by atoms with van der Waals surface area (Å²) in [6.45, 7) is 8.90. The molecule has 0 saturated heterocycles. The van der Waals surface area contributed by atoms with Gasteiger partial charge in [0.05, 0.1) is 23.9 Å². The van der Waals surface area contributed by atoms with Crippen LogP contribution in [-0.4, -0.2) is 44.8 Å². The summed E-state index contributed by atoms with van der Waals surface area (Å²) in [6.07, 6.45) is 2.52. The third-order valence-electron chi connectivity index (χ3n) is 4.98. The molecule has 33 heavy (non-hydrogen) atoms. The number of rotatable bonds is 6. The number of imidazole rings is 1. The summed E-state index contributed by atoms with van der Waals surface area (Å²) in [7, 11) is 1.24. The van der Waals surface area contributed by atoms with Gasteiger partial charge in [-0.05, 0) is 40.2 Å². The molecule has 0 radical (unpaired) electrons. The number of amides is 1. The molecule has 0 aliphatic heterocycles. The molecule has 2 heterocycles. The minimum Gasteiger partial charge on any atom is -0.465 e. The maximum Gasteiger partial charge on any atom is 0.426 e. The second kappa shape index (κ2) is 9.32. The Balaban J connectivity index is 2.04. The zero-order valence-electron chi connectivity index (χ0n) is 19.6. The Labute approximate surface area is 192 Å². The van der Waals surface area contributed by atoms with Crippen molar-refractivity contribution in [1.29, 1.82) is 0 Å². The van der Waals surface area contributed by atoms with Crippen molar-refractivity contribution in [3.63, 3.8) is 0 Å². The van der Waals surface area contributed by atoms with E-state index in [4.69, 9.17) is 9.47 Å². The first-order chi connectivity index (χ1) is 15.5. The first-order valence-corrected chi connectivity index (χ1v) is 10.4. The highest BCUT2D eigenvalue weighted by Crippen LogP contribution is 2.25. The van der Waals surface area contributed by atoms with Crippen LogP contribution in [0.15, 0.2) is 42.7 Å². The molecule has 174 valence electrons. The van der Waals surface area contributed by atoms with E-state index < -0.39 is 23.4 Å². The summed E-state index contributed by atoms with van der Waals surface area (Å²) in [5.74, 6) is -0.979. The zero-order chi connectivity index (χ0) is 24.3. The fraction of sp³-hybridized carbons (Fsp3) is 0.333. The minimum absolute atomic E-state index is 0.0605. The lowest BCUT2D eigenvalue weighted by atomic mass is 10.0. The fourth-order valence-electron chi connectivity index (χ4n) is 3.56. The van der Waals surface area contributed by atoms with Crippen molar-refractivity contribution in [2.24, 2.45) is 0 Å². The Hall–Kier alpha value is -3.88. The van der Waals surface area contributed by atoms with Crippen LogP contribution in [0.2, 0.25) is 0 Å². The van der Waals surface area contributed by atoms with E-state index in [1.165, 1.54) is 18.0 Å². The number of esters is 1. The van der Waals surface area contributed by atoms with Gasteiger partial charge in [0.15, 0.2) is 5.82 Å². The van der Waals surface area contributed by atoms with Gasteiger partial charge in [-0.3, -0.25) is 9.47 Å². The standard InChI is InChI=1S/C24H28N4O5/c1-15-18(20(29)21-25-12-13-27(21)14-17-10-8-7-9-11-17)19(22(30)32-6)16(2)28(15)26-23(31)33-24(3,4)5/h7-13H,14H2,1-6H3,(H,26,31). The first kappa shape index (κ1) is 23.8. The molecule has 2 aromatic heterocycles. The molecule has 0 atom stereocenters. The van der Waals surface area contributed by atoms with Gasteiger partial charge in [-0.2, -0.15) is 0 Å². The van der Waals surface area contributed by atoms with E-state index in [0.29, 0.717) is 17.9 Å². The van der Waals surface area contributed by atoms with Gasteiger partial charge in [-0.15, -0.1) is 0 Å². The lowest BCUT2D eigenvalue weighted by Crippen LogP contribution is -2.32. The van der Waals surface area contributed by atoms with E-state index in [9.17, 15) is 14.4 Å². The predicted molar refractivity (Wildman–Crippen MR) is 122 cm³/mol. The van der Waals surface area contributed by atoms with Crippen molar-refractivity contribution in [3.05, 3.63) is 76.6 Å². The van der Waals surface area contributed by atoms with Crippen molar-refractivity contribution in [2.45, 2.75) is 46.8 Å². The van der Waals surface area contributed by atoms with Crippen LogP contribution < -0.4 is 5.43 Å². The maximum absolute atomic E-state index is 13.6. The Morgan fingerprint density at radius 1 is 1.03 bits per heavy atom. The van der Waals surface area contributed by atoms with E-state index >= 15 is 0 Å². The molecule has 3 aromatic rings. The number of nitrogens with one attached hydrogen (secondary N) is 1. The number of methoxy groups -OCH3 is 1. The van der Waals surface area contributed by atoms with Crippen LogP contribution in [-0.2, 0) is 16.0 Å². The highest BCUT2D eigenvalue weighted by Gasteiger charge is 2.32. The maximum atomic E-state index is 13.6. The van der Waals surface area contributed by atoms with Gasteiger partial charge in [-0.1, -0.05) is 30.3 Å². The van der Waals surface area contributed by atoms with Crippen LogP contribution >= 0.6 is 0 Å². The summed E-state index contributed by atoms with van der Waals surface area (Å²) in [6, 6.07) is 9.65. The number of nitrogens with zero attached hydrogens (tertiary/aromatic N) is 3. The number of carbonyl (C=O) groups excluding carboxylic acids is 3. The first-order valence-electron chi connectivity index (χ1n) is 10.4. The van der Waals surface area contributed by atoms with Crippen LogP contribution in [0.4, 0.5) is 4.79 Å². The van der Waals surface area contributed by atoms with E-state index in [0.717, 1.165) is 5.56 Å². The Morgan fingerprint density at radius 2 is 1.67 bits per heavy atom. The van der Waals surface area contributed by atoms with E-state index in [1.807, 2.05) is 30.3 Å². The molecular formula is C24H28N4O5. The number of ether oxygens (including phenoxy) is 2. The highest BCUT2D eigenvalue weighted by molar-refractivity contribution is 6.14. The topological polar surface area (TPSA) is 104 Å². The molecule has 0 bridgehead atoms. The van der Waals surface area contributed by atoms with Crippen molar-refractivity contribution in [3.8, 4) is 0 Å². The predicted octanol–water partition coefficient (Wildman–Crippen LogP) is 3.85. The summed E-state index contributed by atoms with van der Waals surface area (Å²) < 4.78 is 13.3. The number of ketones is 1. The Morgan fingerprint density at radius 3 is 2.27 bits per heavy atom. The molecule has 0 aliphatic rings. The molecule has 0 spiro atoms. The van der Waals surface area contributed by atoms with Crippen molar-refractivity contribution in [2.75, 3.05) is 12.5 Å². The molecule has 0 unspecified atom stereocenters. The molecule has 9 heteroatoms.